The molecule has 4 heteroatoms. The summed E-state index contributed by atoms with van der Waals surface area (Å²) < 4.78 is 0. The fraction of sp³-hybridized carbons (Fsp3) is 0.429. The molecule has 0 heterocycles. The van der Waals surface area contributed by atoms with Gasteiger partial charge in [-0.3, -0.25) is 9.59 Å². The third kappa shape index (κ3) is 3.87. The van der Waals surface area contributed by atoms with Gasteiger partial charge in [-0.1, -0.05) is 25.1 Å². The molecule has 18 heavy (non-hydrogen) atoms. The van der Waals surface area contributed by atoms with Crippen LogP contribution >= 0.6 is 0 Å². The Hall–Kier alpha value is -1.84. The Labute approximate surface area is 107 Å². The van der Waals surface area contributed by atoms with Gasteiger partial charge in [0, 0.05) is 18.5 Å². The van der Waals surface area contributed by atoms with Crippen molar-refractivity contribution in [3.8, 4) is 0 Å². The van der Waals surface area contributed by atoms with E-state index in [-0.39, 0.29) is 18.2 Å². The van der Waals surface area contributed by atoms with Gasteiger partial charge in [0.15, 0.2) is 0 Å². The Kier molecular flexibility index (Phi) is 4.89. The van der Waals surface area contributed by atoms with Gasteiger partial charge in [-0.2, -0.15) is 0 Å². The van der Waals surface area contributed by atoms with E-state index in [1.165, 1.54) is 0 Å². The minimum atomic E-state index is -0.844. The molecule has 1 rings (SSSR count). The van der Waals surface area contributed by atoms with Crippen molar-refractivity contribution < 1.29 is 14.7 Å². The number of carbonyl (C=O) groups excluding carboxylic acids is 1. The fourth-order valence-electron chi connectivity index (χ4n) is 1.90. The van der Waals surface area contributed by atoms with Crippen molar-refractivity contribution in [1.82, 2.24) is 5.32 Å². The Morgan fingerprint density at radius 1 is 1.28 bits per heavy atom. The summed E-state index contributed by atoms with van der Waals surface area (Å²) in [4.78, 5) is 22.5. The molecule has 1 aromatic carbocycles. The van der Waals surface area contributed by atoms with Gasteiger partial charge in [0.25, 0.3) is 5.91 Å². The van der Waals surface area contributed by atoms with E-state index < -0.39 is 5.97 Å². The second-order valence-electron chi connectivity index (χ2n) is 4.68. The van der Waals surface area contributed by atoms with Gasteiger partial charge in [0.1, 0.15) is 0 Å². The number of carboxylic acids is 1. The SMILES string of the molecule is Cc1cccc(C)c1C(=O)NCC(C)CC(=O)O. The maximum absolute atomic E-state index is 12.0. The molecule has 0 radical (unpaired) electrons. The minimum Gasteiger partial charge on any atom is -0.481 e. The zero-order valence-corrected chi connectivity index (χ0v) is 11.0. The second-order valence-corrected chi connectivity index (χ2v) is 4.68. The molecule has 2 N–H and O–H groups in total. The van der Waals surface area contributed by atoms with E-state index in [2.05, 4.69) is 5.32 Å². The van der Waals surface area contributed by atoms with Crippen molar-refractivity contribution in [2.75, 3.05) is 6.54 Å². The number of hydrogen-bond acceptors (Lipinski definition) is 2. The number of rotatable bonds is 5. The van der Waals surface area contributed by atoms with Gasteiger partial charge in [-0.25, -0.2) is 0 Å². The number of benzene rings is 1. The summed E-state index contributed by atoms with van der Waals surface area (Å²) in [6.07, 6.45) is 0.0625. The number of amides is 1. The van der Waals surface area contributed by atoms with Crippen LogP contribution < -0.4 is 5.32 Å². The van der Waals surface area contributed by atoms with Gasteiger partial charge < -0.3 is 10.4 Å². The molecule has 0 aliphatic heterocycles. The standard InChI is InChI=1S/C14H19NO3/c1-9(7-12(16)17)8-15-14(18)13-10(2)5-4-6-11(13)3/h4-6,9H,7-8H2,1-3H3,(H,15,18)(H,16,17). The molecule has 98 valence electrons. The van der Waals surface area contributed by atoms with Crippen LogP contribution in [0, 0.1) is 19.8 Å². The van der Waals surface area contributed by atoms with Gasteiger partial charge in [0.2, 0.25) is 0 Å². The van der Waals surface area contributed by atoms with E-state index >= 15 is 0 Å². The summed E-state index contributed by atoms with van der Waals surface area (Å²) in [6.45, 7) is 5.96. The second kappa shape index (κ2) is 6.19. The number of hydrogen-bond donors (Lipinski definition) is 2. The predicted octanol–water partition coefficient (Wildman–Crippen LogP) is 2.14. The average molecular weight is 249 g/mol. The lowest BCUT2D eigenvalue weighted by molar-refractivity contribution is -0.137. The Bertz CT molecular complexity index is 434. The lowest BCUT2D eigenvalue weighted by atomic mass is 10.0. The molecule has 1 amide bonds. The summed E-state index contributed by atoms with van der Waals surface area (Å²) >= 11 is 0. The number of aliphatic carboxylic acids is 1. The first-order valence-electron chi connectivity index (χ1n) is 5.98. The smallest absolute Gasteiger partial charge is 0.303 e. The molecule has 0 bridgehead atoms. The maximum atomic E-state index is 12.0. The molecule has 0 aliphatic carbocycles. The van der Waals surface area contributed by atoms with Crippen LogP contribution in [-0.2, 0) is 4.79 Å². The van der Waals surface area contributed by atoms with Gasteiger partial charge in [0.05, 0.1) is 0 Å². The number of nitrogens with one attached hydrogen (secondary N) is 1. The highest BCUT2D eigenvalue weighted by atomic mass is 16.4. The summed E-state index contributed by atoms with van der Waals surface area (Å²) in [5.41, 5.74) is 2.54. The largest absolute Gasteiger partial charge is 0.481 e. The summed E-state index contributed by atoms with van der Waals surface area (Å²) in [7, 11) is 0. The van der Waals surface area contributed by atoms with E-state index in [0.29, 0.717) is 12.1 Å². The number of carboxylic acid groups (broad SMARTS) is 1. The van der Waals surface area contributed by atoms with Crippen molar-refractivity contribution in [3.63, 3.8) is 0 Å². The van der Waals surface area contributed by atoms with Gasteiger partial charge in [-0.05, 0) is 30.9 Å². The van der Waals surface area contributed by atoms with Crippen molar-refractivity contribution in [3.05, 3.63) is 34.9 Å². The summed E-state index contributed by atoms with van der Waals surface area (Å²) in [6, 6.07) is 5.69. The van der Waals surface area contributed by atoms with Crippen LogP contribution in [0.15, 0.2) is 18.2 Å². The van der Waals surface area contributed by atoms with E-state index in [9.17, 15) is 9.59 Å². The molecule has 0 spiro atoms. The van der Waals surface area contributed by atoms with E-state index in [4.69, 9.17) is 5.11 Å². The van der Waals surface area contributed by atoms with Gasteiger partial charge >= 0.3 is 5.97 Å². The van der Waals surface area contributed by atoms with Gasteiger partial charge in [-0.15, -0.1) is 0 Å². The first-order valence-corrected chi connectivity index (χ1v) is 5.98. The summed E-state index contributed by atoms with van der Waals surface area (Å²) in [5.74, 6) is -1.05. The quantitative estimate of drug-likeness (QED) is 0.840. The third-order valence-electron chi connectivity index (χ3n) is 2.84. The zero-order valence-electron chi connectivity index (χ0n) is 11.0. The minimum absolute atomic E-state index is 0.0625. The van der Waals surface area contributed by atoms with Crippen LogP contribution in [0.4, 0.5) is 0 Å². The average Bonchev–Trinajstić information content (AvgIpc) is 2.25. The molecule has 1 atom stereocenters. The van der Waals surface area contributed by atoms with E-state index in [1.54, 1.807) is 6.92 Å². The monoisotopic (exact) mass is 249 g/mol. The molecular weight excluding hydrogens is 230 g/mol. The van der Waals surface area contributed by atoms with Crippen LogP contribution in [0.1, 0.15) is 34.8 Å². The van der Waals surface area contributed by atoms with Crippen molar-refractivity contribution in [2.45, 2.75) is 27.2 Å². The molecule has 0 aliphatic rings. The molecule has 0 saturated carbocycles. The first kappa shape index (κ1) is 14.2. The van der Waals surface area contributed by atoms with Crippen LogP contribution in [0.2, 0.25) is 0 Å². The Morgan fingerprint density at radius 2 is 1.83 bits per heavy atom. The molecule has 1 unspecified atom stereocenters. The third-order valence-corrected chi connectivity index (χ3v) is 2.84. The molecule has 4 nitrogen and oxygen atoms in total. The van der Waals surface area contributed by atoms with Crippen LogP contribution in [0.3, 0.4) is 0 Å². The Morgan fingerprint density at radius 3 is 2.33 bits per heavy atom. The van der Waals surface area contributed by atoms with E-state index in [1.807, 2.05) is 32.0 Å². The fourth-order valence-corrected chi connectivity index (χ4v) is 1.90. The normalized spacial score (nSPS) is 11.9. The van der Waals surface area contributed by atoms with Crippen molar-refractivity contribution in [2.24, 2.45) is 5.92 Å². The maximum Gasteiger partial charge on any atom is 0.303 e. The molecule has 0 fully saturated rings. The topological polar surface area (TPSA) is 66.4 Å². The van der Waals surface area contributed by atoms with Crippen LogP contribution in [0.5, 0.6) is 0 Å². The molecule has 1 aromatic rings. The number of aryl methyl sites for hydroxylation is 2. The highest BCUT2D eigenvalue weighted by molar-refractivity contribution is 5.97. The highest BCUT2D eigenvalue weighted by Gasteiger charge is 2.13. The van der Waals surface area contributed by atoms with E-state index in [0.717, 1.165) is 11.1 Å². The van der Waals surface area contributed by atoms with Crippen LogP contribution in [0.25, 0.3) is 0 Å². The summed E-state index contributed by atoms with van der Waals surface area (Å²) in [5, 5.41) is 11.4. The van der Waals surface area contributed by atoms with Crippen molar-refractivity contribution >= 4 is 11.9 Å². The molecule has 0 saturated heterocycles. The molecular formula is C14H19NO3. The lowest BCUT2D eigenvalue weighted by Crippen LogP contribution is -2.30. The lowest BCUT2D eigenvalue weighted by Gasteiger charge is -2.13. The number of carbonyl (C=O) groups is 2. The van der Waals surface area contributed by atoms with Crippen molar-refractivity contribution in [1.29, 1.82) is 0 Å². The molecule has 0 aromatic heterocycles. The first-order chi connectivity index (χ1) is 8.41. The predicted molar refractivity (Wildman–Crippen MR) is 69.7 cm³/mol. The zero-order chi connectivity index (χ0) is 13.7. The van der Waals surface area contributed by atoms with Crippen LogP contribution in [-0.4, -0.2) is 23.5 Å². The highest BCUT2D eigenvalue weighted by Crippen LogP contribution is 2.13. The Balaban J connectivity index is 2.63.